The number of likely N-dealkylation sites (N-methyl/N-ethyl adjacent to an activating group) is 1. The van der Waals surface area contributed by atoms with Gasteiger partial charge in [0.1, 0.15) is 12.4 Å². The number of amides is 1. The molecule has 116 valence electrons. The van der Waals surface area contributed by atoms with Crippen molar-refractivity contribution in [1.82, 2.24) is 0 Å². The molecule has 0 radical (unpaired) electrons. The minimum absolute atomic E-state index is 0.0201. The van der Waals surface area contributed by atoms with Crippen LogP contribution in [0, 0.1) is 19.7 Å². The highest BCUT2D eigenvalue weighted by atomic mass is 19.1. The van der Waals surface area contributed by atoms with Gasteiger partial charge in [-0.05, 0) is 43.2 Å². The Morgan fingerprint density at radius 1 is 1.14 bits per heavy atom. The molecule has 0 heterocycles. The van der Waals surface area contributed by atoms with E-state index in [4.69, 9.17) is 0 Å². The third kappa shape index (κ3) is 4.67. The molecule has 0 aliphatic heterocycles. The average molecular weight is 301 g/mol. The number of benzene rings is 2. The molecule has 0 aliphatic carbocycles. The number of hydrogen-bond acceptors (Lipinski definition) is 1. The highest BCUT2D eigenvalue weighted by Crippen LogP contribution is 2.15. The van der Waals surface area contributed by atoms with Crippen LogP contribution in [0.5, 0.6) is 0 Å². The van der Waals surface area contributed by atoms with Gasteiger partial charge in [-0.25, -0.2) is 4.39 Å². The summed E-state index contributed by atoms with van der Waals surface area (Å²) in [6.45, 7) is 5.02. The van der Waals surface area contributed by atoms with Crippen LogP contribution in [0.15, 0.2) is 42.5 Å². The Bertz CT molecular complexity index is 653. The topological polar surface area (TPSA) is 33.5 Å². The van der Waals surface area contributed by atoms with Crippen molar-refractivity contribution >= 4 is 11.6 Å². The lowest BCUT2D eigenvalue weighted by Gasteiger charge is -2.15. The van der Waals surface area contributed by atoms with Crippen molar-refractivity contribution < 1.29 is 14.1 Å². The summed E-state index contributed by atoms with van der Waals surface area (Å²) < 4.78 is 12.9. The zero-order chi connectivity index (χ0) is 16.1. The molecule has 0 spiro atoms. The molecule has 0 fully saturated rings. The van der Waals surface area contributed by atoms with E-state index in [-0.39, 0.29) is 11.7 Å². The largest absolute Gasteiger partial charge is 0.326 e. The molecule has 0 bridgehead atoms. The second-order valence-electron chi connectivity index (χ2n) is 5.80. The maximum atomic E-state index is 12.9. The summed E-state index contributed by atoms with van der Waals surface area (Å²) >= 11 is 0. The number of aryl methyl sites for hydroxylation is 2. The van der Waals surface area contributed by atoms with Crippen LogP contribution in [0.2, 0.25) is 0 Å². The Kier molecular flexibility index (Phi) is 5.28. The number of halogens is 1. The molecule has 2 aromatic carbocycles. The predicted molar refractivity (Wildman–Crippen MR) is 86.4 cm³/mol. The number of anilines is 1. The number of rotatable bonds is 5. The zero-order valence-electron chi connectivity index (χ0n) is 13.2. The summed E-state index contributed by atoms with van der Waals surface area (Å²) in [5.74, 6) is -0.262. The van der Waals surface area contributed by atoms with Crippen molar-refractivity contribution in [3.63, 3.8) is 0 Å². The first-order valence-electron chi connectivity index (χ1n) is 7.37. The van der Waals surface area contributed by atoms with Gasteiger partial charge in [-0.2, -0.15) is 0 Å². The molecule has 22 heavy (non-hydrogen) atoms. The lowest BCUT2D eigenvalue weighted by molar-refractivity contribution is -0.885. The molecule has 1 atom stereocenters. The van der Waals surface area contributed by atoms with Crippen LogP contribution in [0.4, 0.5) is 10.1 Å². The summed E-state index contributed by atoms with van der Waals surface area (Å²) in [4.78, 5) is 13.2. The van der Waals surface area contributed by atoms with E-state index >= 15 is 0 Å². The lowest BCUT2D eigenvalue weighted by Crippen LogP contribution is -3.08. The van der Waals surface area contributed by atoms with E-state index in [9.17, 15) is 9.18 Å². The Morgan fingerprint density at radius 2 is 1.82 bits per heavy atom. The van der Waals surface area contributed by atoms with Crippen molar-refractivity contribution in [3.8, 4) is 0 Å². The lowest BCUT2D eigenvalue weighted by atomic mass is 10.1. The molecule has 2 rings (SSSR count). The summed E-state index contributed by atoms with van der Waals surface area (Å²) in [7, 11) is 1.95. The van der Waals surface area contributed by atoms with Gasteiger partial charge in [-0.15, -0.1) is 0 Å². The number of hydrogen-bond donors (Lipinski definition) is 2. The Labute approximate surface area is 130 Å². The van der Waals surface area contributed by atoms with E-state index in [0.29, 0.717) is 13.1 Å². The molecule has 2 N–H and O–H groups in total. The SMILES string of the molecule is Cc1ccc(C)c(NC(=O)C[NH+](C)Cc2ccc(F)cc2)c1. The number of carbonyl (C=O) groups excluding carboxylic acids is 1. The van der Waals surface area contributed by atoms with Gasteiger partial charge in [0.15, 0.2) is 6.54 Å². The Morgan fingerprint density at radius 3 is 2.50 bits per heavy atom. The summed E-state index contributed by atoms with van der Waals surface area (Å²) in [6.07, 6.45) is 0. The molecular formula is C18H22FN2O+. The average Bonchev–Trinajstić information content (AvgIpc) is 2.45. The van der Waals surface area contributed by atoms with E-state index in [2.05, 4.69) is 5.32 Å². The fraction of sp³-hybridized carbons (Fsp3) is 0.278. The molecule has 3 nitrogen and oxygen atoms in total. The van der Waals surface area contributed by atoms with E-state index in [0.717, 1.165) is 27.3 Å². The smallest absolute Gasteiger partial charge is 0.279 e. The highest BCUT2D eigenvalue weighted by Gasteiger charge is 2.12. The van der Waals surface area contributed by atoms with Crippen molar-refractivity contribution in [2.45, 2.75) is 20.4 Å². The second-order valence-corrected chi connectivity index (χ2v) is 5.80. The van der Waals surface area contributed by atoms with Crippen LogP contribution >= 0.6 is 0 Å². The maximum absolute atomic E-state index is 12.9. The van der Waals surface area contributed by atoms with Crippen LogP contribution < -0.4 is 10.2 Å². The maximum Gasteiger partial charge on any atom is 0.279 e. The van der Waals surface area contributed by atoms with Crippen molar-refractivity contribution in [1.29, 1.82) is 0 Å². The zero-order valence-corrected chi connectivity index (χ0v) is 13.2. The van der Waals surface area contributed by atoms with Gasteiger partial charge in [0.25, 0.3) is 5.91 Å². The first kappa shape index (κ1) is 16.2. The van der Waals surface area contributed by atoms with E-state index < -0.39 is 0 Å². The summed E-state index contributed by atoms with van der Waals surface area (Å²) in [5, 5.41) is 2.96. The standard InChI is InChI=1S/C18H21FN2O/c1-13-4-5-14(2)17(10-13)20-18(22)12-21(3)11-15-6-8-16(19)9-7-15/h4-10H,11-12H2,1-3H3,(H,20,22)/p+1. The number of carbonyl (C=O) groups is 1. The van der Waals surface area contributed by atoms with Crippen molar-refractivity contribution in [3.05, 3.63) is 65.0 Å². The van der Waals surface area contributed by atoms with Gasteiger partial charge in [0, 0.05) is 11.3 Å². The molecule has 0 saturated heterocycles. The summed E-state index contributed by atoms with van der Waals surface area (Å²) in [5.41, 5.74) is 4.04. The molecule has 0 aromatic heterocycles. The van der Waals surface area contributed by atoms with Crippen molar-refractivity contribution in [2.75, 3.05) is 18.9 Å². The molecular weight excluding hydrogens is 279 g/mol. The number of quaternary nitrogens is 1. The molecule has 4 heteroatoms. The molecule has 1 unspecified atom stereocenters. The highest BCUT2D eigenvalue weighted by molar-refractivity contribution is 5.92. The van der Waals surface area contributed by atoms with E-state index in [1.807, 2.05) is 39.1 Å². The van der Waals surface area contributed by atoms with E-state index in [1.165, 1.54) is 12.1 Å². The van der Waals surface area contributed by atoms with Crippen LogP contribution in [-0.4, -0.2) is 19.5 Å². The van der Waals surface area contributed by atoms with Gasteiger partial charge in [0.2, 0.25) is 0 Å². The first-order valence-corrected chi connectivity index (χ1v) is 7.37. The Balaban J connectivity index is 1.91. The minimum Gasteiger partial charge on any atom is -0.326 e. The van der Waals surface area contributed by atoms with Crippen LogP contribution in [0.25, 0.3) is 0 Å². The third-order valence-corrected chi connectivity index (χ3v) is 3.55. The quantitative estimate of drug-likeness (QED) is 0.871. The number of nitrogens with one attached hydrogen (secondary N) is 2. The molecule has 0 saturated carbocycles. The van der Waals surface area contributed by atoms with Crippen LogP contribution in [0.1, 0.15) is 16.7 Å². The fourth-order valence-corrected chi connectivity index (χ4v) is 2.35. The van der Waals surface area contributed by atoms with Gasteiger partial charge >= 0.3 is 0 Å². The first-order chi connectivity index (χ1) is 10.4. The molecule has 1 amide bonds. The van der Waals surface area contributed by atoms with E-state index in [1.54, 1.807) is 12.1 Å². The monoisotopic (exact) mass is 301 g/mol. The van der Waals surface area contributed by atoms with Gasteiger partial charge in [-0.1, -0.05) is 24.3 Å². The summed E-state index contributed by atoms with van der Waals surface area (Å²) in [6, 6.07) is 12.4. The Hall–Kier alpha value is -2.20. The predicted octanol–water partition coefficient (Wildman–Crippen LogP) is 2.10. The minimum atomic E-state index is -0.242. The van der Waals surface area contributed by atoms with Gasteiger partial charge in [0.05, 0.1) is 7.05 Å². The second kappa shape index (κ2) is 7.18. The van der Waals surface area contributed by atoms with Gasteiger partial charge < -0.3 is 10.2 Å². The molecule has 0 aliphatic rings. The fourth-order valence-electron chi connectivity index (χ4n) is 2.35. The van der Waals surface area contributed by atoms with Crippen LogP contribution in [0.3, 0.4) is 0 Å². The normalized spacial score (nSPS) is 12.0. The van der Waals surface area contributed by atoms with Gasteiger partial charge in [-0.3, -0.25) is 4.79 Å². The molecule has 2 aromatic rings. The third-order valence-electron chi connectivity index (χ3n) is 3.55. The van der Waals surface area contributed by atoms with Crippen molar-refractivity contribution in [2.24, 2.45) is 0 Å². The van der Waals surface area contributed by atoms with Crippen LogP contribution in [-0.2, 0) is 11.3 Å².